The van der Waals surface area contributed by atoms with Gasteiger partial charge in [-0.25, -0.2) is 0 Å². The van der Waals surface area contributed by atoms with Crippen LogP contribution in [0, 0.1) is 5.92 Å². The molecule has 5 rings (SSSR count). The van der Waals surface area contributed by atoms with E-state index in [0.29, 0.717) is 29.4 Å². The van der Waals surface area contributed by atoms with Gasteiger partial charge in [0.25, 0.3) is 5.91 Å². The largest absolute Gasteiger partial charge is 0.461 e. The first-order chi connectivity index (χ1) is 14.6. The molecule has 0 spiro atoms. The van der Waals surface area contributed by atoms with Crippen molar-refractivity contribution in [1.29, 1.82) is 0 Å². The smallest absolute Gasteiger partial charge is 0.255 e. The summed E-state index contributed by atoms with van der Waals surface area (Å²) in [5.41, 5.74) is 3.19. The van der Waals surface area contributed by atoms with Crippen molar-refractivity contribution in [2.75, 3.05) is 11.9 Å². The number of rotatable bonds is 4. The Morgan fingerprint density at radius 3 is 2.63 bits per heavy atom. The van der Waals surface area contributed by atoms with Crippen molar-refractivity contribution >= 4 is 29.1 Å². The number of nitrogens with one attached hydrogen (secondary N) is 1. The highest BCUT2D eigenvalue weighted by Gasteiger charge is 2.35. The Labute approximate surface area is 179 Å². The van der Waals surface area contributed by atoms with E-state index in [9.17, 15) is 9.59 Å². The Hall–Kier alpha value is -3.05. The lowest BCUT2D eigenvalue weighted by molar-refractivity contribution is -0.133. The predicted octanol–water partition coefficient (Wildman–Crippen LogP) is 5.15. The summed E-state index contributed by atoms with van der Waals surface area (Å²) in [6.07, 6.45) is 2.78. The molecule has 0 bridgehead atoms. The molecule has 6 heteroatoms. The van der Waals surface area contributed by atoms with Crippen LogP contribution in [0.3, 0.4) is 0 Å². The number of nitrogens with zero attached hydrogens (tertiary/aromatic N) is 1. The number of anilines is 1. The standard InChI is InChI=1S/C24H21ClN2O3/c25-19-8-6-15(7-9-19)23(28)26-20-3-1-2-17(12-20)22-13-18-14-27(11-10-21(18)30-22)24(29)16-4-5-16/h1-3,6-9,12-13,16H,4-5,10-11,14H2,(H,26,28). The molecule has 2 amide bonds. The summed E-state index contributed by atoms with van der Waals surface area (Å²) in [6, 6.07) is 16.4. The quantitative estimate of drug-likeness (QED) is 0.635. The van der Waals surface area contributed by atoms with Gasteiger partial charge < -0.3 is 14.6 Å². The monoisotopic (exact) mass is 420 g/mol. The molecule has 1 fully saturated rings. The van der Waals surface area contributed by atoms with E-state index in [1.807, 2.05) is 35.2 Å². The molecule has 2 aliphatic rings. The Kier molecular flexibility index (Phi) is 4.83. The summed E-state index contributed by atoms with van der Waals surface area (Å²) in [7, 11) is 0. The number of carbonyl (C=O) groups is 2. The second kappa shape index (κ2) is 7.65. The van der Waals surface area contributed by atoms with E-state index in [4.69, 9.17) is 16.0 Å². The normalized spacial score (nSPS) is 15.6. The lowest BCUT2D eigenvalue weighted by atomic mass is 10.1. The topological polar surface area (TPSA) is 62.6 Å². The van der Waals surface area contributed by atoms with Crippen molar-refractivity contribution in [3.63, 3.8) is 0 Å². The molecule has 5 nitrogen and oxygen atoms in total. The summed E-state index contributed by atoms with van der Waals surface area (Å²) in [5.74, 6) is 2.01. The number of benzene rings is 2. The van der Waals surface area contributed by atoms with Gasteiger partial charge in [0.05, 0.1) is 0 Å². The molecule has 1 aliphatic carbocycles. The SMILES string of the molecule is O=C(Nc1cccc(-c2cc3c(o2)CCN(C(=O)C2CC2)C3)c1)c1ccc(Cl)cc1. The van der Waals surface area contributed by atoms with Gasteiger partial charge in [0.2, 0.25) is 5.91 Å². The highest BCUT2D eigenvalue weighted by atomic mass is 35.5. The van der Waals surface area contributed by atoms with Crippen LogP contribution in [0.2, 0.25) is 5.02 Å². The third kappa shape index (κ3) is 3.85. The first-order valence-electron chi connectivity index (χ1n) is 10.1. The molecular weight excluding hydrogens is 400 g/mol. The average molecular weight is 421 g/mol. The van der Waals surface area contributed by atoms with E-state index in [2.05, 4.69) is 5.32 Å². The van der Waals surface area contributed by atoms with E-state index in [0.717, 1.165) is 41.9 Å². The number of furan rings is 1. The van der Waals surface area contributed by atoms with Crippen molar-refractivity contribution in [2.45, 2.75) is 25.8 Å². The maximum Gasteiger partial charge on any atom is 0.255 e. The summed E-state index contributed by atoms with van der Waals surface area (Å²) < 4.78 is 6.09. The minimum Gasteiger partial charge on any atom is -0.461 e. The van der Waals surface area contributed by atoms with Gasteiger partial charge in [0, 0.05) is 52.8 Å². The average Bonchev–Trinajstić information content (AvgIpc) is 3.52. The van der Waals surface area contributed by atoms with Crippen LogP contribution in [0.25, 0.3) is 11.3 Å². The molecule has 1 N–H and O–H groups in total. The molecule has 0 radical (unpaired) electrons. The van der Waals surface area contributed by atoms with Crippen molar-refractivity contribution in [3.8, 4) is 11.3 Å². The Morgan fingerprint density at radius 2 is 1.87 bits per heavy atom. The van der Waals surface area contributed by atoms with Crippen LogP contribution >= 0.6 is 11.6 Å². The molecule has 1 saturated carbocycles. The molecule has 1 aliphatic heterocycles. The molecule has 0 unspecified atom stereocenters. The highest BCUT2D eigenvalue weighted by molar-refractivity contribution is 6.30. The fourth-order valence-electron chi connectivity index (χ4n) is 3.81. The Balaban J connectivity index is 1.33. The molecule has 0 saturated heterocycles. The second-order valence-electron chi connectivity index (χ2n) is 7.88. The molecule has 30 heavy (non-hydrogen) atoms. The van der Waals surface area contributed by atoms with Gasteiger partial charge in [-0.3, -0.25) is 9.59 Å². The molecular formula is C24H21ClN2O3. The van der Waals surface area contributed by atoms with Gasteiger partial charge in [-0.15, -0.1) is 0 Å². The molecule has 152 valence electrons. The highest BCUT2D eigenvalue weighted by Crippen LogP contribution is 2.35. The van der Waals surface area contributed by atoms with Crippen molar-refractivity contribution in [3.05, 3.63) is 76.5 Å². The summed E-state index contributed by atoms with van der Waals surface area (Å²) in [6.45, 7) is 1.33. The van der Waals surface area contributed by atoms with Gasteiger partial charge in [0.1, 0.15) is 11.5 Å². The van der Waals surface area contributed by atoms with E-state index in [-0.39, 0.29) is 17.7 Å². The number of hydrogen-bond donors (Lipinski definition) is 1. The van der Waals surface area contributed by atoms with E-state index >= 15 is 0 Å². The summed E-state index contributed by atoms with van der Waals surface area (Å²) in [4.78, 5) is 26.8. The third-order valence-corrected chi connectivity index (χ3v) is 5.87. The van der Waals surface area contributed by atoms with Gasteiger partial charge in [-0.05, 0) is 55.3 Å². The second-order valence-corrected chi connectivity index (χ2v) is 8.32. The molecule has 1 aromatic heterocycles. The minimum absolute atomic E-state index is 0.197. The lowest BCUT2D eigenvalue weighted by Gasteiger charge is -2.26. The number of carbonyl (C=O) groups excluding carboxylic acids is 2. The summed E-state index contributed by atoms with van der Waals surface area (Å²) in [5, 5.41) is 3.50. The maximum absolute atomic E-state index is 12.5. The first-order valence-corrected chi connectivity index (χ1v) is 10.5. The molecule has 0 atom stereocenters. The Bertz CT molecular complexity index is 1120. The zero-order valence-corrected chi connectivity index (χ0v) is 17.1. The third-order valence-electron chi connectivity index (χ3n) is 5.62. The lowest BCUT2D eigenvalue weighted by Crippen LogP contribution is -2.36. The molecule has 3 aromatic rings. The fourth-order valence-corrected chi connectivity index (χ4v) is 3.93. The van der Waals surface area contributed by atoms with Crippen LogP contribution in [0.15, 0.2) is 59.0 Å². The van der Waals surface area contributed by atoms with E-state index in [1.165, 1.54) is 0 Å². The van der Waals surface area contributed by atoms with Gasteiger partial charge in [0.15, 0.2) is 0 Å². The van der Waals surface area contributed by atoms with Crippen LogP contribution in [0.5, 0.6) is 0 Å². The Morgan fingerprint density at radius 1 is 1.07 bits per heavy atom. The fraction of sp³-hybridized carbons (Fsp3) is 0.250. The van der Waals surface area contributed by atoms with Crippen molar-refractivity contribution in [1.82, 2.24) is 4.90 Å². The van der Waals surface area contributed by atoms with Gasteiger partial charge in [-0.1, -0.05) is 23.7 Å². The van der Waals surface area contributed by atoms with Gasteiger partial charge >= 0.3 is 0 Å². The number of fused-ring (bicyclic) bond motifs is 1. The van der Waals surface area contributed by atoms with Crippen LogP contribution < -0.4 is 5.32 Å². The zero-order valence-electron chi connectivity index (χ0n) is 16.4. The number of hydrogen-bond acceptors (Lipinski definition) is 3. The molecule has 2 heterocycles. The number of halogens is 1. The number of amides is 2. The van der Waals surface area contributed by atoms with Crippen LogP contribution in [0.4, 0.5) is 5.69 Å². The van der Waals surface area contributed by atoms with Crippen molar-refractivity contribution < 1.29 is 14.0 Å². The predicted molar refractivity (Wildman–Crippen MR) is 115 cm³/mol. The van der Waals surface area contributed by atoms with Gasteiger partial charge in [-0.2, -0.15) is 0 Å². The van der Waals surface area contributed by atoms with Crippen LogP contribution in [0.1, 0.15) is 34.5 Å². The van der Waals surface area contributed by atoms with Crippen molar-refractivity contribution in [2.24, 2.45) is 5.92 Å². The zero-order chi connectivity index (χ0) is 20.7. The van der Waals surface area contributed by atoms with Crippen LogP contribution in [-0.2, 0) is 17.8 Å². The van der Waals surface area contributed by atoms with E-state index in [1.54, 1.807) is 24.3 Å². The van der Waals surface area contributed by atoms with Crippen LogP contribution in [-0.4, -0.2) is 23.3 Å². The first kappa shape index (κ1) is 18.9. The molecule has 2 aromatic carbocycles. The van der Waals surface area contributed by atoms with E-state index < -0.39 is 0 Å². The maximum atomic E-state index is 12.5. The minimum atomic E-state index is -0.197. The summed E-state index contributed by atoms with van der Waals surface area (Å²) >= 11 is 5.89.